The van der Waals surface area contributed by atoms with Crippen LogP contribution in [-0.4, -0.2) is 26.1 Å². The van der Waals surface area contributed by atoms with Gasteiger partial charge in [0.1, 0.15) is 0 Å². The molecule has 0 aromatic heterocycles. The first-order chi connectivity index (χ1) is 6.55. The van der Waals surface area contributed by atoms with Gasteiger partial charge in [-0.05, 0) is 32.1 Å². The van der Waals surface area contributed by atoms with Gasteiger partial charge in [0.2, 0.25) is 10.0 Å². The molecule has 14 heavy (non-hydrogen) atoms. The van der Waals surface area contributed by atoms with E-state index in [1.807, 2.05) is 6.92 Å². The van der Waals surface area contributed by atoms with Crippen LogP contribution in [0.1, 0.15) is 32.6 Å². The summed E-state index contributed by atoms with van der Waals surface area (Å²) >= 11 is 5.45. The lowest BCUT2D eigenvalue weighted by molar-refractivity contribution is 0.260. The second-order valence-electron chi connectivity index (χ2n) is 3.96. The number of sulfonamides is 1. The topological polar surface area (TPSA) is 46.2 Å². The highest BCUT2D eigenvalue weighted by atomic mass is 35.5. The third kappa shape index (κ3) is 3.75. The summed E-state index contributed by atoms with van der Waals surface area (Å²) in [5.41, 5.74) is 0. The Hall–Kier alpha value is 0.200. The summed E-state index contributed by atoms with van der Waals surface area (Å²) in [7, 11) is -3.10. The van der Waals surface area contributed by atoms with Crippen molar-refractivity contribution in [2.45, 2.75) is 38.6 Å². The highest BCUT2D eigenvalue weighted by Crippen LogP contribution is 2.29. The Morgan fingerprint density at radius 2 is 2.14 bits per heavy atom. The summed E-state index contributed by atoms with van der Waals surface area (Å²) in [5, 5.41) is 0. The molecule has 0 aromatic carbocycles. The molecule has 3 nitrogen and oxygen atoms in total. The van der Waals surface area contributed by atoms with E-state index in [9.17, 15) is 8.42 Å². The first-order valence-electron chi connectivity index (χ1n) is 5.11. The van der Waals surface area contributed by atoms with Gasteiger partial charge in [-0.3, -0.25) is 0 Å². The molecule has 1 saturated carbocycles. The molecule has 1 aliphatic rings. The van der Waals surface area contributed by atoms with Crippen molar-refractivity contribution in [3.05, 3.63) is 0 Å². The van der Waals surface area contributed by atoms with E-state index in [2.05, 4.69) is 4.72 Å². The van der Waals surface area contributed by atoms with Gasteiger partial charge in [-0.1, -0.05) is 6.42 Å². The van der Waals surface area contributed by atoms with Crippen molar-refractivity contribution >= 4 is 21.6 Å². The summed E-state index contributed by atoms with van der Waals surface area (Å²) in [6, 6.07) is 0.0871. The highest BCUT2D eigenvalue weighted by molar-refractivity contribution is 7.89. The monoisotopic (exact) mass is 239 g/mol. The minimum Gasteiger partial charge on any atom is -0.212 e. The molecule has 1 rings (SSSR count). The van der Waals surface area contributed by atoms with Crippen LogP contribution in [0.5, 0.6) is 0 Å². The van der Waals surface area contributed by atoms with Crippen molar-refractivity contribution in [3.8, 4) is 0 Å². The first-order valence-corrected chi connectivity index (χ1v) is 7.30. The predicted molar refractivity (Wildman–Crippen MR) is 59.1 cm³/mol. The Labute approximate surface area is 91.3 Å². The standard InChI is InChI=1S/C9H18ClNO2S/c1-8(9-4-2-5-9)11-14(12,13)7-3-6-10/h8-9,11H,2-7H2,1H3. The molecule has 0 spiro atoms. The van der Waals surface area contributed by atoms with Gasteiger partial charge in [0, 0.05) is 11.9 Å². The van der Waals surface area contributed by atoms with Crippen LogP contribution in [0, 0.1) is 5.92 Å². The van der Waals surface area contributed by atoms with E-state index >= 15 is 0 Å². The molecule has 5 heteroatoms. The molecule has 1 N–H and O–H groups in total. The zero-order valence-electron chi connectivity index (χ0n) is 8.50. The maximum absolute atomic E-state index is 11.5. The molecule has 1 unspecified atom stereocenters. The fourth-order valence-corrected chi connectivity index (χ4v) is 3.32. The van der Waals surface area contributed by atoms with Crippen LogP contribution in [0.4, 0.5) is 0 Å². The van der Waals surface area contributed by atoms with E-state index in [4.69, 9.17) is 11.6 Å². The fraction of sp³-hybridized carbons (Fsp3) is 1.00. The minimum atomic E-state index is -3.10. The Bertz CT molecular complexity index is 262. The van der Waals surface area contributed by atoms with E-state index in [1.165, 1.54) is 6.42 Å². The zero-order valence-corrected chi connectivity index (χ0v) is 10.1. The average Bonchev–Trinajstić information content (AvgIpc) is 1.96. The maximum atomic E-state index is 11.5. The van der Waals surface area contributed by atoms with Crippen molar-refractivity contribution in [1.82, 2.24) is 4.72 Å². The maximum Gasteiger partial charge on any atom is 0.211 e. The summed E-state index contributed by atoms with van der Waals surface area (Å²) in [6.45, 7) is 1.95. The molecule has 0 aliphatic heterocycles. The molecular weight excluding hydrogens is 222 g/mol. The quantitative estimate of drug-likeness (QED) is 0.718. The molecule has 1 aliphatic carbocycles. The van der Waals surface area contributed by atoms with Gasteiger partial charge in [-0.15, -0.1) is 11.6 Å². The van der Waals surface area contributed by atoms with E-state index < -0.39 is 10.0 Å². The van der Waals surface area contributed by atoms with Crippen molar-refractivity contribution in [2.24, 2.45) is 5.92 Å². The van der Waals surface area contributed by atoms with E-state index in [0.29, 0.717) is 18.2 Å². The van der Waals surface area contributed by atoms with Gasteiger partial charge in [0.25, 0.3) is 0 Å². The SMILES string of the molecule is CC(NS(=O)(=O)CCCCl)C1CCC1. The van der Waals surface area contributed by atoms with Crippen LogP contribution < -0.4 is 4.72 Å². The number of halogens is 1. The minimum absolute atomic E-state index is 0.0871. The van der Waals surface area contributed by atoms with Gasteiger partial charge in [-0.25, -0.2) is 13.1 Å². The van der Waals surface area contributed by atoms with Crippen molar-refractivity contribution in [2.75, 3.05) is 11.6 Å². The van der Waals surface area contributed by atoms with Gasteiger partial charge >= 0.3 is 0 Å². The number of hydrogen-bond donors (Lipinski definition) is 1. The highest BCUT2D eigenvalue weighted by Gasteiger charge is 2.26. The van der Waals surface area contributed by atoms with Gasteiger partial charge in [0.05, 0.1) is 5.75 Å². The molecule has 0 radical (unpaired) electrons. The normalized spacial score (nSPS) is 20.4. The molecule has 1 fully saturated rings. The Kier molecular flexibility index (Phi) is 4.67. The summed E-state index contributed by atoms with van der Waals surface area (Å²) in [5.74, 6) is 1.09. The summed E-state index contributed by atoms with van der Waals surface area (Å²) in [6.07, 6.45) is 4.06. The van der Waals surface area contributed by atoms with Crippen molar-refractivity contribution < 1.29 is 8.42 Å². The van der Waals surface area contributed by atoms with Crippen LogP contribution in [0.2, 0.25) is 0 Å². The Balaban J connectivity index is 2.33. The lowest BCUT2D eigenvalue weighted by Crippen LogP contribution is -2.41. The second-order valence-corrected chi connectivity index (χ2v) is 6.21. The second kappa shape index (κ2) is 5.33. The Morgan fingerprint density at radius 3 is 2.57 bits per heavy atom. The van der Waals surface area contributed by atoms with Crippen LogP contribution >= 0.6 is 11.6 Å². The average molecular weight is 240 g/mol. The lowest BCUT2D eigenvalue weighted by atomic mass is 9.81. The molecule has 84 valence electrons. The largest absolute Gasteiger partial charge is 0.212 e. The number of alkyl halides is 1. The molecule has 0 heterocycles. The molecule has 1 atom stereocenters. The number of rotatable bonds is 6. The number of hydrogen-bond acceptors (Lipinski definition) is 2. The van der Waals surface area contributed by atoms with Crippen LogP contribution in [0.25, 0.3) is 0 Å². The molecule has 0 amide bonds. The predicted octanol–water partition coefficient (Wildman–Crippen LogP) is 1.72. The third-order valence-corrected chi connectivity index (χ3v) is 4.59. The van der Waals surface area contributed by atoms with E-state index in [1.54, 1.807) is 0 Å². The van der Waals surface area contributed by atoms with Gasteiger partial charge in [0.15, 0.2) is 0 Å². The number of nitrogens with one attached hydrogen (secondary N) is 1. The zero-order chi connectivity index (χ0) is 10.6. The Morgan fingerprint density at radius 1 is 1.50 bits per heavy atom. The van der Waals surface area contributed by atoms with Crippen LogP contribution in [-0.2, 0) is 10.0 Å². The third-order valence-electron chi connectivity index (χ3n) is 2.77. The van der Waals surface area contributed by atoms with Gasteiger partial charge in [-0.2, -0.15) is 0 Å². The van der Waals surface area contributed by atoms with Gasteiger partial charge < -0.3 is 0 Å². The molecule has 0 saturated heterocycles. The van der Waals surface area contributed by atoms with Crippen LogP contribution in [0.3, 0.4) is 0 Å². The summed E-state index contributed by atoms with van der Waals surface area (Å²) < 4.78 is 25.7. The molecule has 0 aromatic rings. The van der Waals surface area contributed by atoms with Crippen molar-refractivity contribution in [3.63, 3.8) is 0 Å². The van der Waals surface area contributed by atoms with Crippen LogP contribution in [0.15, 0.2) is 0 Å². The lowest BCUT2D eigenvalue weighted by Gasteiger charge is -2.31. The molecule has 0 bridgehead atoms. The van der Waals surface area contributed by atoms with E-state index in [0.717, 1.165) is 12.8 Å². The smallest absolute Gasteiger partial charge is 0.211 e. The molecular formula is C9H18ClNO2S. The van der Waals surface area contributed by atoms with Crippen molar-refractivity contribution in [1.29, 1.82) is 0 Å². The summed E-state index contributed by atoms with van der Waals surface area (Å²) in [4.78, 5) is 0. The van der Waals surface area contributed by atoms with E-state index in [-0.39, 0.29) is 11.8 Å². The first kappa shape index (κ1) is 12.3. The fourth-order valence-electron chi connectivity index (χ4n) is 1.62.